The predicted molar refractivity (Wildman–Crippen MR) is 73.2 cm³/mol. The summed E-state index contributed by atoms with van der Waals surface area (Å²) >= 11 is 3.39. The van der Waals surface area contributed by atoms with E-state index in [9.17, 15) is 4.39 Å². The topological polar surface area (TPSA) is 76.4 Å². The summed E-state index contributed by atoms with van der Waals surface area (Å²) in [6.07, 6.45) is 0. The molecule has 0 saturated carbocycles. The third kappa shape index (κ3) is 2.33. The summed E-state index contributed by atoms with van der Waals surface area (Å²) in [6.45, 7) is 3.66. The predicted octanol–water partition coefficient (Wildman–Crippen LogP) is 2.49. The second kappa shape index (κ2) is 5.00. The fourth-order valence-electron chi connectivity index (χ4n) is 1.75. The molecular weight excluding hydrogens is 315 g/mol. The summed E-state index contributed by atoms with van der Waals surface area (Å²) in [7, 11) is 0. The Morgan fingerprint density at radius 3 is 2.63 bits per heavy atom. The molecule has 0 radical (unpaired) electrons. The first kappa shape index (κ1) is 13.5. The van der Waals surface area contributed by atoms with Crippen LogP contribution in [0.3, 0.4) is 0 Å². The molecule has 7 heteroatoms. The van der Waals surface area contributed by atoms with Crippen LogP contribution in [-0.4, -0.2) is 20.8 Å². The number of oxime groups is 1. The number of nitrogens with zero attached hydrogens (tertiary/aromatic N) is 3. The van der Waals surface area contributed by atoms with Crippen LogP contribution in [-0.2, 0) is 0 Å². The summed E-state index contributed by atoms with van der Waals surface area (Å²) in [6, 6.07) is 4.31. The minimum atomic E-state index is -0.498. The van der Waals surface area contributed by atoms with Gasteiger partial charge in [-0.1, -0.05) is 5.16 Å². The highest BCUT2D eigenvalue weighted by molar-refractivity contribution is 9.10. The Morgan fingerprint density at radius 2 is 2.16 bits per heavy atom. The molecule has 100 valence electrons. The molecule has 0 saturated heterocycles. The number of hydrogen-bond donors (Lipinski definition) is 2. The molecular formula is C12H12BrFN4O. The highest BCUT2D eigenvalue weighted by Crippen LogP contribution is 2.24. The summed E-state index contributed by atoms with van der Waals surface area (Å²) in [5.74, 6) is -0.637. The Morgan fingerprint density at radius 1 is 1.47 bits per heavy atom. The Labute approximate surface area is 117 Å². The lowest BCUT2D eigenvalue weighted by atomic mass is 10.2. The molecule has 0 unspecified atom stereocenters. The van der Waals surface area contributed by atoms with Crippen molar-refractivity contribution in [3.63, 3.8) is 0 Å². The van der Waals surface area contributed by atoms with E-state index in [0.717, 1.165) is 15.9 Å². The van der Waals surface area contributed by atoms with Gasteiger partial charge in [-0.2, -0.15) is 5.10 Å². The maximum absolute atomic E-state index is 14.1. The summed E-state index contributed by atoms with van der Waals surface area (Å²) in [4.78, 5) is 0. The number of hydrogen-bond acceptors (Lipinski definition) is 3. The van der Waals surface area contributed by atoms with E-state index in [2.05, 4.69) is 26.2 Å². The van der Waals surface area contributed by atoms with E-state index in [4.69, 9.17) is 10.9 Å². The fraction of sp³-hybridized carbons (Fsp3) is 0.167. The van der Waals surface area contributed by atoms with Crippen molar-refractivity contribution in [2.24, 2.45) is 10.9 Å². The highest BCUT2D eigenvalue weighted by atomic mass is 79.9. The number of nitrogens with two attached hydrogens (primary N) is 1. The lowest BCUT2D eigenvalue weighted by molar-refractivity contribution is 0.318. The summed E-state index contributed by atoms with van der Waals surface area (Å²) in [5.41, 5.74) is 7.60. The van der Waals surface area contributed by atoms with Gasteiger partial charge in [-0.3, -0.25) is 0 Å². The third-order valence-corrected chi connectivity index (χ3v) is 3.93. The van der Waals surface area contributed by atoms with Crippen molar-refractivity contribution in [1.82, 2.24) is 9.78 Å². The van der Waals surface area contributed by atoms with Crippen molar-refractivity contribution in [3.05, 3.63) is 45.4 Å². The second-order valence-corrected chi connectivity index (χ2v) is 4.84. The van der Waals surface area contributed by atoms with Crippen LogP contribution in [0, 0.1) is 19.7 Å². The van der Waals surface area contributed by atoms with Crippen LogP contribution in [0.1, 0.15) is 17.0 Å². The van der Waals surface area contributed by atoms with Crippen LogP contribution in [0.15, 0.2) is 27.8 Å². The molecule has 0 fully saturated rings. The maximum atomic E-state index is 14.1. The normalized spacial score (nSPS) is 11.9. The summed E-state index contributed by atoms with van der Waals surface area (Å²) in [5, 5.41) is 15.7. The SMILES string of the molecule is Cc1nn(-c2ccc(C(N)=NO)cc2F)c(C)c1Br. The van der Waals surface area contributed by atoms with Gasteiger partial charge in [0, 0.05) is 5.56 Å². The van der Waals surface area contributed by atoms with E-state index >= 15 is 0 Å². The van der Waals surface area contributed by atoms with E-state index < -0.39 is 5.82 Å². The van der Waals surface area contributed by atoms with Gasteiger partial charge in [-0.25, -0.2) is 9.07 Å². The van der Waals surface area contributed by atoms with Crippen LogP contribution in [0.2, 0.25) is 0 Å². The van der Waals surface area contributed by atoms with Crippen LogP contribution >= 0.6 is 15.9 Å². The van der Waals surface area contributed by atoms with Gasteiger partial charge in [0.05, 0.1) is 15.9 Å². The van der Waals surface area contributed by atoms with E-state index in [1.54, 1.807) is 6.07 Å². The van der Waals surface area contributed by atoms with E-state index in [1.165, 1.54) is 16.8 Å². The van der Waals surface area contributed by atoms with E-state index in [0.29, 0.717) is 11.3 Å². The first-order chi connectivity index (χ1) is 8.95. The first-order valence-corrected chi connectivity index (χ1v) is 6.24. The van der Waals surface area contributed by atoms with Crippen LogP contribution in [0.4, 0.5) is 4.39 Å². The number of aromatic nitrogens is 2. The number of rotatable bonds is 2. The average molecular weight is 327 g/mol. The smallest absolute Gasteiger partial charge is 0.170 e. The zero-order valence-corrected chi connectivity index (χ0v) is 11.9. The molecule has 0 bridgehead atoms. The van der Waals surface area contributed by atoms with Crippen molar-refractivity contribution in [1.29, 1.82) is 0 Å². The molecule has 1 aromatic heterocycles. The largest absolute Gasteiger partial charge is 0.409 e. The quantitative estimate of drug-likeness (QED) is 0.385. The van der Waals surface area contributed by atoms with Crippen LogP contribution < -0.4 is 5.73 Å². The van der Waals surface area contributed by atoms with Gasteiger partial charge in [0.15, 0.2) is 5.84 Å². The van der Waals surface area contributed by atoms with Gasteiger partial charge in [0.1, 0.15) is 11.5 Å². The molecule has 0 spiro atoms. The van der Waals surface area contributed by atoms with Gasteiger partial charge in [-0.05, 0) is 48.0 Å². The van der Waals surface area contributed by atoms with Crippen molar-refractivity contribution in [3.8, 4) is 5.69 Å². The lowest BCUT2D eigenvalue weighted by Crippen LogP contribution is -2.14. The van der Waals surface area contributed by atoms with Gasteiger partial charge in [0.25, 0.3) is 0 Å². The second-order valence-electron chi connectivity index (χ2n) is 4.05. The fourth-order valence-corrected chi connectivity index (χ4v) is 2.00. The minimum Gasteiger partial charge on any atom is -0.409 e. The van der Waals surface area contributed by atoms with Gasteiger partial charge >= 0.3 is 0 Å². The number of halogens is 2. The van der Waals surface area contributed by atoms with E-state index in [-0.39, 0.29) is 5.84 Å². The Kier molecular flexibility index (Phi) is 3.57. The molecule has 0 atom stereocenters. The Balaban J connectivity index is 2.55. The Bertz CT molecular complexity index is 666. The molecule has 0 aliphatic rings. The van der Waals surface area contributed by atoms with Crippen molar-refractivity contribution in [2.75, 3.05) is 0 Å². The molecule has 3 N–H and O–H groups in total. The minimum absolute atomic E-state index is 0.139. The number of aryl methyl sites for hydroxylation is 1. The third-order valence-electron chi connectivity index (χ3n) is 2.78. The summed E-state index contributed by atoms with van der Waals surface area (Å²) < 4.78 is 16.4. The van der Waals surface area contributed by atoms with Crippen LogP contribution in [0.5, 0.6) is 0 Å². The molecule has 0 aliphatic carbocycles. The van der Waals surface area contributed by atoms with Gasteiger partial charge in [-0.15, -0.1) is 0 Å². The molecule has 1 heterocycles. The number of benzene rings is 1. The molecule has 0 aliphatic heterocycles. The maximum Gasteiger partial charge on any atom is 0.170 e. The van der Waals surface area contributed by atoms with Crippen molar-refractivity contribution < 1.29 is 9.60 Å². The molecule has 0 amide bonds. The zero-order chi connectivity index (χ0) is 14.2. The standard InChI is InChI=1S/C12H12BrFN4O/c1-6-11(13)7(2)18(16-6)10-4-3-8(5-9(10)14)12(15)17-19/h3-5,19H,1-2H3,(H2,15,17). The Hall–Kier alpha value is -1.89. The lowest BCUT2D eigenvalue weighted by Gasteiger charge is -2.07. The van der Waals surface area contributed by atoms with Crippen LogP contribution in [0.25, 0.3) is 5.69 Å². The zero-order valence-electron chi connectivity index (χ0n) is 10.4. The van der Waals surface area contributed by atoms with Crippen molar-refractivity contribution >= 4 is 21.8 Å². The first-order valence-electron chi connectivity index (χ1n) is 5.45. The molecule has 2 rings (SSSR count). The molecule has 5 nitrogen and oxygen atoms in total. The van der Waals surface area contributed by atoms with Gasteiger partial charge in [0.2, 0.25) is 0 Å². The average Bonchev–Trinajstić information content (AvgIpc) is 2.65. The number of amidine groups is 1. The highest BCUT2D eigenvalue weighted by Gasteiger charge is 2.14. The molecule has 19 heavy (non-hydrogen) atoms. The van der Waals surface area contributed by atoms with E-state index in [1.807, 2.05) is 13.8 Å². The molecule has 1 aromatic carbocycles. The van der Waals surface area contributed by atoms with Crippen molar-refractivity contribution in [2.45, 2.75) is 13.8 Å². The van der Waals surface area contributed by atoms with Gasteiger partial charge < -0.3 is 10.9 Å². The molecule has 2 aromatic rings. The monoisotopic (exact) mass is 326 g/mol.